The SMILES string of the molecule is COc1cc(NCCN2[C@@H](C)CCC[C@H]2c2ccc(OC)c(OC)c2)ccc1Cl. The fourth-order valence-electron chi connectivity index (χ4n) is 4.14. The van der Waals surface area contributed by atoms with E-state index in [1.54, 1.807) is 21.3 Å². The van der Waals surface area contributed by atoms with Crippen LogP contribution in [0.25, 0.3) is 0 Å². The van der Waals surface area contributed by atoms with Crippen molar-refractivity contribution in [3.8, 4) is 17.2 Å². The maximum absolute atomic E-state index is 6.12. The molecular formula is C23H31ClN2O3. The molecule has 0 aromatic heterocycles. The zero-order chi connectivity index (χ0) is 20.8. The quantitative estimate of drug-likeness (QED) is 0.622. The van der Waals surface area contributed by atoms with Gasteiger partial charge in [0.25, 0.3) is 0 Å². The molecule has 29 heavy (non-hydrogen) atoms. The van der Waals surface area contributed by atoms with Crippen LogP contribution in [-0.4, -0.2) is 45.4 Å². The van der Waals surface area contributed by atoms with Crippen LogP contribution in [-0.2, 0) is 0 Å². The Morgan fingerprint density at radius 2 is 1.72 bits per heavy atom. The number of rotatable bonds is 8. The Labute approximate surface area is 178 Å². The van der Waals surface area contributed by atoms with Crippen molar-refractivity contribution in [2.45, 2.75) is 38.3 Å². The predicted octanol–water partition coefficient (Wildman–Crippen LogP) is 5.39. The molecule has 0 unspecified atom stereocenters. The van der Waals surface area contributed by atoms with E-state index in [2.05, 4.69) is 29.3 Å². The molecule has 0 amide bonds. The van der Waals surface area contributed by atoms with Crippen LogP contribution >= 0.6 is 11.6 Å². The average molecular weight is 419 g/mol. The van der Waals surface area contributed by atoms with E-state index in [9.17, 15) is 0 Å². The number of halogens is 1. The summed E-state index contributed by atoms with van der Waals surface area (Å²) in [5, 5.41) is 4.12. The topological polar surface area (TPSA) is 43.0 Å². The highest BCUT2D eigenvalue weighted by Gasteiger charge is 2.29. The maximum Gasteiger partial charge on any atom is 0.161 e. The average Bonchev–Trinajstić information content (AvgIpc) is 2.75. The van der Waals surface area contributed by atoms with Gasteiger partial charge in [0.2, 0.25) is 0 Å². The van der Waals surface area contributed by atoms with Crippen molar-refractivity contribution in [2.24, 2.45) is 0 Å². The number of anilines is 1. The Bertz CT molecular complexity index is 815. The van der Waals surface area contributed by atoms with E-state index in [0.717, 1.165) is 36.7 Å². The second-order valence-corrected chi connectivity index (χ2v) is 7.83. The van der Waals surface area contributed by atoms with E-state index in [4.69, 9.17) is 25.8 Å². The largest absolute Gasteiger partial charge is 0.495 e. The molecule has 158 valence electrons. The van der Waals surface area contributed by atoms with Gasteiger partial charge in [-0.2, -0.15) is 0 Å². The van der Waals surface area contributed by atoms with E-state index in [1.165, 1.54) is 18.4 Å². The predicted molar refractivity (Wildman–Crippen MR) is 119 cm³/mol. The highest BCUT2D eigenvalue weighted by Crippen LogP contribution is 2.38. The number of hydrogen-bond donors (Lipinski definition) is 1. The van der Waals surface area contributed by atoms with Crippen LogP contribution in [0.4, 0.5) is 5.69 Å². The molecule has 1 saturated heterocycles. The Hall–Kier alpha value is -2.11. The van der Waals surface area contributed by atoms with E-state index < -0.39 is 0 Å². The minimum atomic E-state index is 0.375. The minimum Gasteiger partial charge on any atom is -0.495 e. The van der Waals surface area contributed by atoms with E-state index in [0.29, 0.717) is 22.9 Å². The molecular weight excluding hydrogens is 388 g/mol. The van der Waals surface area contributed by atoms with Crippen molar-refractivity contribution in [2.75, 3.05) is 39.7 Å². The molecule has 5 nitrogen and oxygen atoms in total. The first-order chi connectivity index (χ1) is 14.1. The smallest absolute Gasteiger partial charge is 0.161 e. The standard InChI is InChI=1S/C23H31ClN2O3/c1-16-6-5-7-20(17-8-11-21(27-2)23(14-17)29-4)26(16)13-12-25-18-9-10-19(24)22(15-18)28-3/h8-11,14-16,20,25H,5-7,12-13H2,1-4H3/t16-,20-/m0/s1. The molecule has 2 atom stereocenters. The summed E-state index contributed by atoms with van der Waals surface area (Å²) < 4.78 is 16.2. The fraction of sp³-hybridized carbons (Fsp3) is 0.478. The first-order valence-electron chi connectivity index (χ1n) is 10.1. The maximum atomic E-state index is 6.12. The van der Waals surface area contributed by atoms with E-state index in [1.807, 2.05) is 24.3 Å². The van der Waals surface area contributed by atoms with Gasteiger partial charge in [0.05, 0.1) is 26.4 Å². The Morgan fingerprint density at radius 1 is 0.966 bits per heavy atom. The van der Waals surface area contributed by atoms with Crippen molar-refractivity contribution >= 4 is 17.3 Å². The zero-order valence-electron chi connectivity index (χ0n) is 17.7. The molecule has 0 bridgehead atoms. The molecule has 1 aliphatic rings. The molecule has 0 radical (unpaired) electrons. The van der Waals surface area contributed by atoms with Crippen LogP contribution < -0.4 is 19.5 Å². The Morgan fingerprint density at radius 3 is 2.45 bits per heavy atom. The van der Waals surface area contributed by atoms with Crippen LogP contribution in [0.1, 0.15) is 37.8 Å². The lowest BCUT2D eigenvalue weighted by molar-refractivity contribution is 0.0975. The Balaban J connectivity index is 1.70. The lowest BCUT2D eigenvalue weighted by Crippen LogP contribution is -2.42. The van der Waals surface area contributed by atoms with Gasteiger partial charge in [0.15, 0.2) is 11.5 Å². The summed E-state index contributed by atoms with van der Waals surface area (Å²) in [5.41, 5.74) is 2.29. The number of ether oxygens (including phenoxy) is 3. The minimum absolute atomic E-state index is 0.375. The zero-order valence-corrected chi connectivity index (χ0v) is 18.5. The summed E-state index contributed by atoms with van der Waals surface area (Å²) in [6.45, 7) is 4.11. The van der Waals surface area contributed by atoms with Gasteiger partial charge in [-0.15, -0.1) is 0 Å². The van der Waals surface area contributed by atoms with Gasteiger partial charge < -0.3 is 19.5 Å². The van der Waals surface area contributed by atoms with Crippen molar-refractivity contribution in [3.05, 3.63) is 47.0 Å². The molecule has 0 spiro atoms. The number of nitrogens with zero attached hydrogens (tertiary/aromatic N) is 1. The van der Waals surface area contributed by atoms with E-state index in [-0.39, 0.29) is 0 Å². The summed E-state index contributed by atoms with van der Waals surface area (Å²) >= 11 is 6.12. The number of piperidine rings is 1. The monoisotopic (exact) mass is 418 g/mol. The van der Waals surface area contributed by atoms with Gasteiger partial charge in [-0.25, -0.2) is 0 Å². The van der Waals surface area contributed by atoms with Crippen molar-refractivity contribution in [3.63, 3.8) is 0 Å². The van der Waals surface area contributed by atoms with Gasteiger partial charge in [-0.05, 0) is 49.6 Å². The molecule has 1 heterocycles. The lowest BCUT2D eigenvalue weighted by Gasteiger charge is -2.41. The van der Waals surface area contributed by atoms with Gasteiger partial charge >= 0.3 is 0 Å². The molecule has 0 saturated carbocycles. The number of hydrogen-bond acceptors (Lipinski definition) is 5. The number of benzene rings is 2. The fourth-order valence-corrected chi connectivity index (χ4v) is 4.33. The van der Waals surface area contributed by atoms with Crippen LogP contribution in [0, 0.1) is 0 Å². The van der Waals surface area contributed by atoms with Crippen LogP contribution in [0.5, 0.6) is 17.2 Å². The lowest BCUT2D eigenvalue weighted by atomic mass is 9.91. The van der Waals surface area contributed by atoms with E-state index >= 15 is 0 Å². The van der Waals surface area contributed by atoms with Gasteiger partial charge in [-0.3, -0.25) is 4.90 Å². The van der Waals surface area contributed by atoms with Gasteiger partial charge in [0, 0.05) is 36.9 Å². The first kappa shape index (κ1) is 21.6. The number of methoxy groups -OCH3 is 3. The molecule has 3 rings (SSSR count). The molecule has 0 aliphatic carbocycles. The molecule has 2 aromatic rings. The van der Waals surface area contributed by atoms with Crippen LogP contribution in [0.3, 0.4) is 0 Å². The second-order valence-electron chi connectivity index (χ2n) is 7.42. The summed E-state index contributed by atoms with van der Waals surface area (Å²) in [6, 6.07) is 13.0. The summed E-state index contributed by atoms with van der Waals surface area (Å²) in [4.78, 5) is 2.59. The van der Waals surface area contributed by atoms with Crippen LogP contribution in [0.2, 0.25) is 5.02 Å². The summed E-state index contributed by atoms with van der Waals surface area (Å²) in [6.07, 6.45) is 3.60. The highest BCUT2D eigenvalue weighted by molar-refractivity contribution is 6.32. The van der Waals surface area contributed by atoms with Crippen molar-refractivity contribution in [1.82, 2.24) is 4.90 Å². The first-order valence-corrected chi connectivity index (χ1v) is 10.5. The number of likely N-dealkylation sites (tertiary alicyclic amines) is 1. The van der Waals surface area contributed by atoms with Crippen molar-refractivity contribution < 1.29 is 14.2 Å². The Kier molecular flexibility index (Phi) is 7.51. The second kappa shape index (κ2) is 10.1. The van der Waals surface area contributed by atoms with Gasteiger partial charge in [-0.1, -0.05) is 24.1 Å². The third-order valence-electron chi connectivity index (χ3n) is 5.71. The summed E-state index contributed by atoms with van der Waals surface area (Å²) in [7, 11) is 4.99. The highest BCUT2D eigenvalue weighted by atomic mass is 35.5. The van der Waals surface area contributed by atoms with Gasteiger partial charge in [0.1, 0.15) is 5.75 Å². The van der Waals surface area contributed by atoms with Crippen LogP contribution in [0.15, 0.2) is 36.4 Å². The third kappa shape index (κ3) is 5.09. The van der Waals surface area contributed by atoms with Crippen molar-refractivity contribution in [1.29, 1.82) is 0 Å². The number of nitrogens with one attached hydrogen (secondary N) is 1. The summed E-state index contributed by atoms with van der Waals surface area (Å²) in [5.74, 6) is 2.24. The molecule has 6 heteroatoms. The molecule has 2 aromatic carbocycles. The molecule has 1 fully saturated rings. The molecule has 1 aliphatic heterocycles. The molecule has 1 N–H and O–H groups in total. The third-order valence-corrected chi connectivity index (χ3v) is 6.02. The normalized spacial score (nSPS) is 19.6.